The van der Waals surface area contributed by atoms with E-state index in [0.29, 0.717) is 12.1 Å². The van der Waals surface area contributed by atoms with E-state index in [1.54, 1.807) is 18.2 Å². The van der Waals surface area contributed by atoms with Crippen LogP contribution in [-0.2, 0) is 14.8 Å². The number of amides is 1. The Morgan fingerprint density at radius 3 is 2.22 bits per heavy atom. The van der Waals surface area contributed by atoms with E-state index in [-0.39, 0.29) is 11.9 Å². The second kappa shape index (κ2) is 8.57. The summed E-state index contributed by atoms with van der Waals surface area (Å²) in [6.07, 6.45) is 1.50. The van der Waals surface area contributed by atoms with E-state index in [4.69, 9.17) is 0 Å². The van der Waals surface area contributed by atoms with Crippen LogP contribution in [0.25, 0.3) is 0 Å². The summed E-state index contributed by atoms with van der Waals surface area (Å²) in [5, 5.41) is 2.96. The molecule has 0 aliphatic carbocycles. The molecule has 5 nitrogen and oxygen atoms in total. The molecular weight excluding hydrogens is 360 g/mol. The highest BCUT2D eigenvalue weighted by Crippen LogP contribution is 2.24. The summed E-state index contributed by atoms with van der Waals surface area (Å²) in [6.45, 7) is 7.61. The fraction of sp³-hybridized carbons (Fsp3) is 0.381. The molecule has 0 saturated heterocycles. The van der Waals surface area contributed by atoms with Crippen LogP contribution in [0.15, 0.2) is 48.5 Å². The lowest BCUT2D eigenvalue weighted by atomic mass is 10.1. The summed E-state index contributed by atoms with van der Waals surface area (Å²) in [5.41, 5.74) is 3.56. The Bertz CT molecular complexity index is 892. The van der Waals surface area contributed by atoms with Gasteiger partial charge in [0.15, 0.2) is 0 Å². The number of carbonyl (C=O) groups is 1. The molecule has 0 saturated carbocycles. The molecular formula is C21H28N2O3S. The molecule has 2 atom stereocenters. The Kier molecular flexibility index (Phi) is 6.65. The van der Waals surface area contributed by atoms with Crippen LogP contribution in [0.4, 0.5) is 5.69 Å². The normalized spacial score (nSPS) is 13.7. The average Bonchev–Trinajstić information content (AvgIpc) is 2.58. The molecule has 2 aromatic carbocycles. The van der Waals surface area contributed by atoms with Gasteiger partial charge in [-0.15, -0.1) is 0 Å². The Hall–Kier alpha value is -2.34. The van der Waals surface area contributed by atoms with Gasteiger partial charge < -0.3 is 5.32 Å². The third-order valence-corrected chi connectivity index (χ3v) is 5.70. The number of aryl methyl sites for hydroxylation is 2. The van der Waals surface area contributed by atoms with Crippen molar-refractivity contribution in [3.05, 3.63) is 65.2 Å². The van der Waals surface area contributed by atoms with E-state index >= 15 is 0 Å². The number of nitrogens with one attached hydrogen (secondary N) is 1. The molecule has 1 N–H and O–H groups in total. The lowest BCUT2D eigenvalue weighted by molar-refractivity contribution is -0.122. The summed E-state index contributed by atoms with van der Waals surface area (Å²) in [5.74, 6) is -0.308. The van der Waals surface area contributed by atoms with Crippen molar-refractivity contribution in [1.82, 2.24) is 5.32 Å². The highest BCUT2D eigenvalue weighted by atomic mass is 32.2. The summed E-state index contributed by atoms with van der Waals surface area (Å²) in [6, 6.07) is 14.1. The quantitative estimate of drug-likeness (QED) is 0.786. The number of anilines is 1. The maximum absolute atomic E-state index is 13.0. The predicted molar refractivity (Wildman–Crippen MR) is 110 cm³/mol. The maximum Gasteiger partial charge on any atom is 0.244 e. The number of hydrogen-bond acceptors (Lipinski definition) is 3. The Balaban J connectivity index is 2.30. The molecule has 0 unspecified atom stereocenters. The predicted octanol–water partition coefficient (Wildman–Crippen LogP) is 3.73. The topological polar surface area (TPSA) is 66.5 Å². The molecule has 0 spiro atoms. The minimum atomic E-state index is -3.62. The van der Waals surface area contributed by atoms with E-state index in [9.17, 15) is 13.2 Å². The van der Waals surface area contributed by atoms with Gasteiger partial charge in [-0.05, 0) is 50.5 Å². The van der Waals surface area contributed by atoms with E-state index in [2.05, 4.69) is 5.32 Å². The molecule has 0 aliphatic heterocycles. The molecule has 0 fully saturated rings. The second-order valence-electron chi connectivity index (χ2n) is 6.96. The molecule has 2 aromatic rings. The number of hydrogen-bond donors (Lipinski definition) is 1. The zero-order valence-electron chi connectivity index (χ0n) is 16.6. The van der Waals surface area contributed by atoms with E-state index < -0.39 is 16.1 Å². The number of nitrogens with zero attached hydrogens (tertiary/aromatic N) is 1. The SMILES string of the molecule is CC[C@H](C(=O)N[C@H](C)c1ccc(C)cc1)N(c1cccc(C)c1)S(C)(=O)=O. The molecule has 0 heterocycles. The first-order valence-electron chi connectivity index (χ1n) is 9.06. The first kappa shape index (κ1) is 21.0. The highest BCUT2D eigenvalue weighted by molar-refractivity contribution is 7.92. The standard InChI is InChI=1S/C21H28N2O3S/c1-6-20(21(24)22-17(4)18-12-10-15(2)11-13-18)23(27(5,25)26)19-9-7-8-16(3)14-19/h7-14,17,20H,6H2,1-5H3,(H,22,24)/t17-,20-/m1/s1. The van der Waals surface area contributed by atoms with Crippen LogP contribution in [0, 0.1) is 13.8 Å². The van der Waals surface area contributed by atoms with Gasteiger partial charge in [0, 0.05) is 0 Å². The van der Waals surface area contributed by atoms with Crippen molar-refractivity contribution in [2.24, 2.45) is 0 Å². The Morgan fingerprint density at radius 1 is 1.07 bits per heavy atom. The van der Waals surface area contributed by atoms with E-state index in [1.165, 1.54) is 4.31 Å². The molecule has 0 aliphatic rings. The van der Waals surface area contributed by atoms with Crippen LogP contribution < -0.4 is 9.62 Å². The van der Waals surface area contributed by atoms with Crippen LogP contribution in [0.2, 0.25) is 0 Å². The molecule has 0 bridgehead atoms. The van der Waals surface area contributed by atoms with Gasteiger partial charge in [0.05, 0.1) is 18.0 Å². The van der Waals surface area contributed by atoms with Crippen molar-refractivity contribution in [3.63, 3.8) is 0 Å². The molecule has 146 valence electrons. The number of rotatable bonds is 7. The van der Waals surface area contributed by atoms with Crippen molar-refractivity contribution in [2.75, 3.05) is 10.6 Å². The summed E-state index contributed by atoms with van der Waals surface area (Å²) >= 11 is 0. The van der Waals surface area contributed by atoms with Crippen LogP contribution in [-0.4, -0.2) is 26.6 Å². The largest absolute Gasteiger partial charge is 0.348 e. The van der Waals surface area contributed by atoms with Gasteiger partial charge in [0.2, 0.25) is 15.9 Å². The Labute approximate surface area is 162 Å². The summed E-state index contributed by atoms with van der Waals surface area (Å²) in [4.78, 5) is 13.0. The molecule has 0 aromatic heterocycles. The van der Waals surface area contributed by atoms with Gasteiger partial charge in [-0.1, -0.05) is 48.9 Å². The highest BCUT2D eigenvalue weighted by Gasteiger charge is 2.32. The monoisotopic (exact) mass is 388 g/mol. The van der Waals surface area contributed by atoms with Crippen LogP contribution in [0.3, 0.4) is 0 Å². The van der Waals surface area contributed by atoms with Crippen molar-refractivity contribution < 1.29 is 13.2 Å². The van der Waals surface area contributed by atoms with Gasteiger partial charge in [0.1, 0.15) is 6.04 Å². The third-order valence-electron chi connectivity index (χ3n) is 4.52. The number of carbonyl (C=O) groups excluding carboxylic acids is 1. The second-order valence-corrected chi connectivity index (χ2v) is 8.82. The first-order chi connectivity index (χ1) is 12.6. The van der Waals surface area contributed by atoms with Crippen molar-refractivity contribution >= 4 is 21.6 Å². The van der Waals surface area contributed by atoms with Crippen LogP contribution >= 0.6 is 0 Å². The van der Waals surface area contributed by atoms with Crippen molar-refractivity contribution in [1.29, 1.82) is 0 Å². The van der Waals surface area contributed by atoms with Crippen molar-refractivity contribution in [3.8, 4) is 0 Å². The van der Waals surface area contributed by atoms with E-state index in [1.807, 2.05) is 58.0 Å². The fourth-order valence-corrected chi connectivity index (χ4v) is 4.28. The third kappa shape index (κ3) is 5.32. The maximum atomic E-state index is 13.0. The van der Waals surface area contributed by atoms with Crippen LogP contribution in [0.1, 0.15) is 43.0 Å². The lowest BCUT2D eigenvalue weighted by Crippen LogP contribution is -2.49. The molecule has 0 radical (unpaired) electrons. The first-order valence-corrected chi connectivity index (χ1v) is 10.9. The van der Waals surface area contributed by atoms with Gasteiger partial charge in [-0.3, -0.25) is 9.10 Å². The van der Waals surface area contributed by atoms with Gasteiger partial charge >= 0.3 is 0 Å². The van der Waals surface area contributed by atoms with Gasteiger partial charge in [-0.25, -0.2) is 8.42 Å². The Morgan fingerprint density at radius 2 is 1.70 bits per heavy atom. The smallest absolute Gasteiger partial charge is 0.244 e. The van der Waals surface area contributed by atoms with E-state index in [0.717, 1.165) is 22.9 Å². The number of sulfonamides is 1. The number of benzene rings is 2. The molecule has 27 heavy (non-hydrogen) atoms. The van der Waals surface area contributed by atoms with Crippen LogP contribution in [0.5, 0.6) is 0 Å². The minimum Gasteiger partial charge on any atom is -0.348 e. The fourth-order valence-electron chi connectivity index (χ4n) is 3.07. The molecule has 6 heteroatoms. The van der Waals surface area contributed by atoms with Gasteiger partial charge in [0.25, 0.3) is 0 Å². The zero-order chi connectivity index (χ0) is 20.2. The average molecular weight is 389 g/mol. The lowest BCUT2D eigenvalue weighted by Gasteiger charge is -2.31. The summed E-state index contributed by atoms with van der Waals surface area (Å²) in [7, 11) is -3.62. The van der Waals surface area contributed by atoms with Crippen molar-refractivity contribution in [2.45, 2.75) is 46.2 Å². The zero-order valence-corrected chi connectivity index (χ0v) is 17.4. The molecule has 2 rings (SSSR count). The minimum absolute atomic E-state index is 0.217. The summed E-state index contributed by atoms with van der Waals surface area (Å²) < 4.78 is 26.2. The molecule has 1 amide bonds. The van der Waals surface area contributed by atoms with Gasteiger partial charge in [-0.2, -0.15) is 0 Å².